The molecule has 1 fully saturated rings. The lowest BCUT2D eigenvalue weighted by Crippen LogP contribution is -2.49. The maximum absolute atomic E-state index is 11.8. The summed E-state index contributed by atoms with van der Waals surface area (Å²) in [5.41, 5.74) is 2.80. The number of carbonyl (C=O) groups excluding carboxylic acids is 1. The molecule has 8 nitrogen and oxygen atoms in total. The molecular formula is C16H22N6O2. The predicted octanol–water partition coefficient (Wildman–Crippen LogP) is 1.46. The highest BCUT2D eigenvalue weighted by Gasteiger charge is 2.23. The van der Waals surface area contributed by atoms with Crippen LogP contribution in [0.2, 0.25) is 0 Å². The number of ether oxygens (including phenoxy) is 1. The number of hydrogen-bond acceptors (Lipinski definition) is 6. The Bertz CT molecular complexity index is 721. The Morgan fingerprint density at radius 1 is 1.29 bits per heavy atom. The van der Waals surface area contributed by atoms with Gasteiger partial charge in [-0.2, -0.15) is 5.10 Å². The number of aromatic nitrogens is 4. The van der Waals surface area contributed by atoms with E-state index in [4.69, 9.17) is 4.74 Å². The molecule has 1 aliphatic heterocycles. The van der Waals surface area contributed by atoms with E-state index in [1.165, 1.54) is 0 Å². The minimum absolute atomic E-state index is 0.252. The van der Waals surface area contributed by atoms with Crippen molar-refractivity contribution in [2.24, 2.45) is 7.05 Å². The number of aryl methyl sites for hydroxylation is 2. The van der Waals surface area contributed by atoms with Crippen LogP contribution < -0.4 is 4.90 Å². The van der Waals surface area contributed by atoms with Crippen LogP contribution >= 0.6 is 0 Å². The van der Waals surface area contributed by atoms with Gasteiger partial charge in [0.25, 0.3) is 0 Å². The SMILES string of the molecule is CCOC(=O)N1CCN(c2nccc(-c3cn(C)nc3C)n2)CC1. The lowest BCUT2D eigenvalue weighted by Gasteiger charge is -2.34. The molecule has 0 aromatic carbocycles. The molecule has 0 saturated carbocycles. The summed E-state index contributed by atoms with van der Waals surface area (Å²) < 4.78 is 6.83. The Balaban J connectivity index is 1.72. The smallest absolute Gasteiger partial charge is 0.409 e. The van der Waals surface area contributed by atoms with Gasteiger partial charge in [-0.1, -0.05) is 0 Å². The number of piperazine rings is 1. The summed E-state index contributed by atoms with van der Waals surface area (Å²) in [5.74, 6) is 0.680. The van der Waals surface area contributed by atoms with Crippen molar-refractivity contribution in [2.45, 2.75) is 13.8 Å². The zero-order chi connectivity index (χ0) is 17.1. The molecule has 0 N–H and O–H groups in total. The van der Waals surface area contributed by atoms with Crippen LogP contribution in [0.5, 0.6) is 0 Å². The first-order valence-electron chi connectivity index (χ1n) is 8.08. The van der Waals surface area contributed by atoms with Gasteiger partial charge in [-0.3, -0.25) is 4.68 Å². The highest BCUT2D eigenvalue weighted by molar-refractivity contribution is 5.68. The third-order valence-corrected chi connectivity index (χ3v) is 4.02. The summed E-state index contributed by atoms with van der Waals surface area (Å²) in [5, 5.41) is 4.36. The summed E-state index contributed by atoms with van der Waals surface area (Å²) in [4.78, 5) is 24.6. The molecule has 24 heavy (non-hydrogen) atoms. The minimum Gasteiger partial charge on any atom is -0.450 e. The molecule has 0 spiro atoms. The van der Waals surface area contributed by atoms with E-state index in [0.29, 0.717) is 38.7 Å². The summed E-state index contributed by atoms with van der Waals surface area (Å²) in [6.45, 7) is 6.77. The number of carbonyl (C=O) groups is 1. The van der Waals surface area contributed by atoms with Crippen LogP contribution in [0.1, 0.15) is 12.6 Å². The molecule has 2 aromatic heterocycles. The number of nitrogens with zero attached hydrogens (tertiary/aromatic N) is 6. The van der Waals surface area contributed by atoms with Crippen molar-refractivity contribution in [3.63, 3.8) is 0 Å². The molecule has 0 aliphatic carbocycles. The van der Waals surface area contributed by atoms with E-state index in [-0.39, 0.29) is 6.09 Å². The van der Waals surface area contributed by atoms with Crippen LogP contribution in [0, 0.1) is 6.92 Å². The zero-order valence-corrected chi connectivity index (χ0v) is 14.3. The summed E-state index contributed by atoms with van der Waals surface area (Å²) in [6, 6.07) is 1.89. The Morgan fingerprint density at radius 2 is 2.04 bits per heavy atom. The summed E-state index contributed by atoms with van der Waals surface area (Å²) >= 11 is 0. The van der Waals surface area contributed by atoms with Crippen LogP contribution in [0.15, 0.2) is 18.5 Å². The van der Waals surface area contributed by atoms with Gasteiger partial charge in [-0.05, 0) is 19.9 Å². The normalized spacial score (nSPS) is 14.8. The molecule has 2 aromatic rings. The van der Waals surface area contributed by atoms with Gasteiger partial charge in [0.05, 0.1) is 18.0 Å². The summed E-state index contributed by atoms with van der Waals surface area (Å²) in [7, 11) is 1.90. The second kappa shape index (κ2) is 6.86. The van der Waals surface area contributed by atoms with E-state index in [1.54, 1.807) is 15.8 Å². The Labute approximate surface area is 141 Å². The van der Waals surface area contributed by atoms with E-state index in [0.717, 1.165) is 17.0 Å². The maximum atomic E-state index is 11.8. The minimum atomic E-state index is -0.252. The summed E-state index contributed by atoms with van der Waals surface area (Å²) in [6.07, 6.45) is 3.47. The Hall–Kier alpha value is -2.64. The van der Waals surface area contributed by atoms with Gasteiger partial charge in [-0.25, -0.2) is 14.8 Å². The van der Waals surface area contributed by atoms with Crippen LogP contribution in [-0.2, 0) is 11.8 Å². The molecule has 0 bridgehead atoms. The van der Waals surface area contributed by atoms with E-state index in [1.807, 2.05) is 33.2 Å². The molecule has 8 heteroatoms. The molecule has 3 rings (SSSR count). The second-order valence-electron chi connectivity index (χ2n) is 5.72. The van der Waals surface area contributed by atoms with Gasteiger partial charge >= 0.3 is 6.09 Å². The third kappa shape index (κ3) is 3.32. The van der Waals surface area contributed by atoms with Gasteiger partial charge in [-0.15, -0.1) is 0 Å². The fraction of sp³-hybridized carbons (Fsp3) is 0.500. The molecule has 1 amide bonds. The van der Waals surface area contributed by atoms with Gasteiger partial charge in [0.15, 0.2) is 0 Å². The van der Waals surface area contributed by atoms with Gasteiger partial charge in [0.2, 0.25) is 5.95 Å². The van der Waals surface area contributed by atoms with Crippen molar-refractivity contribution >= 4 is 12.0 Å². The van der Waals surface area contributed by atoms with E-state index in [9.17, 15) is 4.79 Å². The Kier molecular flexibility index (Phi) is 4.64. The molecule has 1 aliphatic rings. The average molecular weight is 330 g/mol. The van der Waals surface area contributed by atoms with Crippen molar-refractivity contribution in [1.82, 2.24) is 24.6 Å². The zero-order valence-electron chi connectivity index (χ0n) is 14.3. The molecule has 128 valence electrons. The van der Waals surface area contributed by atoms with E-state index in [2.05, 4.69) is 20.0 Å². The van der Waals surface area contributed by atoms with Crippen molar-refractivity contribution in [3.05, 3.63) is 24.2 Å². The lowest BCUT2D eigenvalue weighted by atomic mass is 10.2. The molecule has 0 unspecified atom stereocenters. The van der Waals surface area contributed by atoms with Crippen LogP contribution in [-0.4, -0.2) is 63.5 Å². The highest BCUT2D eigenvalue weighted by Crippen LogP contribution is 2.22. The van der Waals surface area contributed by atoms with E-state index < -0.39 is 0 Å². The molecule has 0 atom stereocenters. The van der Waals surface area contributed by atoms with Crippen molar-refractivity contribution in [2.75, 3.05) is 37.7 Å². The van der Waals surface area contributed by atoms with Crippen molar-refractivity contribution < 1.29 is 9.53 Å². The van der Waals surface area contributed by atoms with Crippen molar-refractivity contribution in [3.8, 4) is 11.3 Å². The molecule has 1 saturated heterocycles. The number of anilines is 1. The lowest BCUT2D eigenvalue weighted by molar-refractivity contribution is 0.105. The van der Waals surface area contributed by atoms with Crippen LogP contribution in [0.25, 0.3) is 11.3 Å². The number of hydrogen-bond donors (Lipinski definition) is 0. The van der Waals surface area contributed by atoms with Gasteiger partial charge in [0, 0.05) is 51.2 Å². The van der Waals surface area contributed by atoms with Gasteiger partial charge < -0.3 is 14.5 Å². The fourth-order valence-electron chi connectivity index (χ4n) is 2.81. The predicted molar refractivity (Wildman–Crippen MR) is 89.8 cm³/mol. The average Bonchev–Trinajstić information content (AvgIpc) is 2.94. The molecular weight excluding hydrogens is 308 g/mol. The highest BCUT2D eigenvalue weighted by atomic mass is 16.6. The standard InChI is InChI=1S/C16H22N6O2/c1-4-24-16(23)22-9-7-21(8-10-22)15-17-6-5-14(18-15)13-11-20(3)19-12(13)2/h5-6,11H,4,7-10H2,1-3H3. The maximum Gasteiger partial charge on any atom is 0.409 e. The topological polar surface area (TPSA) is 76.4 Å². The third-order valence-electron chi connectivity index (χ3n) is 4.02. The van der Waals surface area contributed by atoms with E-state index >= 15 is 0 Å². The monoisotopic (exact) mass is 330 g/mol. The molecule has 3 heterocycles. The van der Waals surface area contributed by atoms with Crippen LogP contribution in [0.3, 0.4) is 0 Å². The second-order valence-corrected chi connectivity index (χ2v) is 5.72. The number of amides is 1. The Morgan fingerprint density at radius 3 is 2.67 bits per heavy atom. The largest absolute Gasteiger partial charge is 0.450 e. The van der Waals surface area contributed by atoms with Gasteiger partial charge in [0.1, 0.15) is 0 Å². The first kappa shape index (κ1) is 16.2. The quantitative estimate of drug-likeness (QED) is 0.848. The molecule has 0 radical (unpaired) electrons. The fourth-order valence-corrected chi connectivity index (χ4v) is 2.81. The number of rotatable bonds is 3. The van der Waals surface area contributed by atoms with Crippen LogP contribution in [0.4, 0.5) is 10.7 Å². The first-order valence-corrected chi connectivity index (χ1v) is 8.08. The first-order chi connectivity index (χ1) is 11.6. The van der Waals surface area contributed by atoms with Crippen molar-refractivity contribution in [1.29, 1.82) is 0 Å².